The Morgan fingerprint density at radius 3 is 2.50 bits per heavy atom. The molecule has 0 heterocycles. The van der Waals surface area contributed by atoms with E-state index in [1.807, 2.05) is 43.3 Å². The fraction of sp³-hybridized carbons (Fsp3) is 0.105. The number of carbonyl (C=O) groups is 1. The number of phenolic OH excluding ortho intramolecular Hbond substituents is 1. The highest BCUT2D eigenvalue weighted by molar-refractivity contribution is 6.07. The maximum absolute atomic E-state index is 11.1. The third-order valence-corrected chi connectivity index (χ3v) is 3.91. The quantitative estimate of drug-likeness (QED) is 0.891. The van der Waals surface area contributed by atoms with E-state index in [4.69, 9.17) is 5.11 Å². The smallest absolute Gasteiger partial charge is 0.307 e. The van der Waals surface area contributed by atoms with Crippen molar-refractivity contribution in [1.29, 1.82) is 0 Å². The molecular weight excluding hydrogens is 276 g/mol. The predicted molar refractivity (Wildman–Crippen MR) is 87.3 cm³/mol. The molecule has 0 fully saturated rings. The van der Waals surface area contributed by atoms with Gasteiger partial charge in [-0.25, -0.2) is 0 Å². The third-order valence-electron chi connectivity index (χ3n) is 3.91. The SMILES string of the molecule is CC1=C(CC(=O)O)c2cc(O)ccc2/C1=C\c1ccccc1. The summed E-state index contributed by atoms with van der Waals surface area (Å²) in [6.07, 6.45) is 2.01. The standard InChI is InChI=1S/C19H16O3/c1-12-16(9-13-5-3-2-4-6-13)15-8-7-14(20)10-18(15)17(12)11-19(21)22/h2-10,20H,11H2,1H3,(H,21,22)/b16-9-. The minimum Gasteiger partial charge on any atom is -0.508 e. The summed E-state index contributed by atoms with van der Waals surface area (Å²) in [5.74, 6) is -0.722. The van der Waals surface area contributed by atoms with Crippen molar-refractivity contribution in [3.8, 4) is 5.75 Å². The van der Waals surface area contributed by atoms with E-state index < -0.39 is 5.97 Å². The van der Waals surface area contributed by atoms with Gasteiger partial charge >= 0.3 is 5.97 Å². The summed E-state index contributed by atoms with van der Waals surface area (Å²) < 4.78 is 0. The van der Waals surface area contributed by atoms with Gasteiger partial charge in [0, 0.05) is 0 Å². The minimum atomic E-state index is -0.871. The second-order valence-electron chi connectivity index (χ2n) is 5.37. The number of carboxylic acids is 1. The van der Waals surface area contributed by atoms with Gasteiger partial charge < -0.3 is 10.2 Å². The predicted octanol–water partition coefficient (Wildman–Crippen LogP) is 4.19. The second-order valence-corrected chi connectivity index (χ2v) is 5.37. The van der Waals surface area contributed by atoms with Crippen molar-refractivity contribution in [1.82, 2.24) is 0 Å². The van der Waals surface area contributed by atoms with Gasteiger partial charge in [-0.3, -0.25) is 4.79 Å². The zero-order valence-corrected chi connectivity index (χ0v) is 12.2. The summed E-state index contributed by atoms with van der Waals surface area (Å²) in [7, 11) is 0. The van der Waals surface area contributed by atoms with E-state index in [9.17, 15) is 9.90 Å². The summed E-state index contributed by atoms with van der Waals surface area (Å²) in [4.78, 5) is 11.1. The van der Waals surface area contributed by atoms with Gasteiger partial charge in [0.1, 0.15) is 5.75 Å². The lowest BCUT2D eigenvalue weighted by Crippen LogP contribution is -1.96. The van der Waals surface area contributed by atoms with Crippen molar-refractivity contribution in [3.63, 3.8) is 0 Å². The van der Waals surface area contributed by atoms with Crippen molar-refractivity contribution in [3.05, 3.63) is 70.8 Å². The van der Waals surface area contributed by atoms with E-state index in [1.54, 1.807) is 12.1 Å². The summed E-state index contributed by atoms with van der Waals surface area (Å²) in [6.45, 7) is 1.93. The Bertz CT molecular complexity index is 799. The molecule has 1 aliphatic carbocycles. The molecule has 0 radical (unpaired) electrons. The average Bonchev–Trinajstić information content (AvgIpc) is 2.73. The van der Waals surface area contributed by atoms with E-state index in [-0.39, 0.29) is 12.2 Å². The number of aliphatic carboxylic acids is 1. The van der Waals surface area contributed by atoms with E-state index in [2.05, 4.69) is 6.08 Å². The molecule has 0 bridgehead atoms. The molecule has 0 aromatic heterocycles. The lowest BCUT2D eigenvalue weighted by atomic mass is 10.0. The van der Waals surface area contributed by atoms with Crippen molar-refractivity contribution in [2.45, 2.75) is 13.3 Å². The number of fused-ring (bicyclic) bond motifs is 1. The highest BCUT2D eigenvalue weighted by atomic mass is 16.4. The van der Waals surface area contributed by atoms with Crippen LogP contribution in [0.15, 0.2) is 54.1 Å². The number of benzene rings is 2. The first-order valence-corrected chi connectivity index (χ1v) is 7.08. The van der Waals surface area contributed by atoms with E-state index in [1.165, 1.54) is 0 Å². The Hall–Kier alpha value is -2.81. The first-order valence-electron chi connectivity index (χ1n) is 7.08. The zero-order valence-electron chi connectivity index (χ0n) is 12.2. The highest BCUT2D eigenvalue weighted by Gasteiger charge is 2.25. The fourth-order valence-corrected chi connectivity index (χ4v) is 2.86. The molecule has 0 atom stereocenters. The number of allylic oxidation sites excluding steroid dienone is 2. The van der Waals surface area contributed by atoms with Gasteiger partial charge in [-0.05, 0) is 58.5 Å². The van der Waals surface area contributed by atoms with Gasteiger partial charge in [0.25, 0.3) is 0 Å². The molecular formula is C19H16O3. The molecule has 2 N–H and O–H groups in total. The van der Waals surface area contributed by atoms with Crippen LogP contribution in [0.25, 0.3) is 17.2 Å². The maximum Gasteiger partial charge on any atom is 0.307 e. The molecule has 0 spiro atoms. The number of hydrogen-bond acceptors (Lipinski definition) is 2. The van der Waals surface area contributed by atoms with Crippen LogP contribution in [0.2, 0.25) is 0 Å². The summed E-state index contributed by atoms with van der Waals surface area (Å²) in [5, 5.41) is 18.9. The van der Waals surface area contributed by atoms with Crippen molar-refractivity contribution in [2.24, 2.45) is 0 Å². The molecule has 0 amide bonds. The molecule has 2 aromatic rings. The number of phenols is 1. The van der Waals surface area contributed by atoms with Gasteiger partial charge in [-0.2, -0.15) is 0 Å². The normalized spacial score (nSPS) is 15.2. The Labute approximate surface area is 128 Å². The van der Waals surface area contributed by atoms with Crippen LogP contribution in [0.3, 0.4) is 0 Å². The van der Waals surface area contributed by atoms with E-state index >= 15 is 0 Å². The molecule has 0 aliphatic heterocycles. The van der Waals surface area contributed by atoms with Gasteiger partial charge in [0.15, 0.2) is 0 Å². The van der Waals surface area contributed by atoms with Crippen molar-refractivity contribution < 1.29 is 15.0 Å². The molecule has 3 heteroatoms. The Morgan fingerprint density at radius 1 is 1.09 bits per heavy atom. The number of carboxylic acid groups (broad SMARTS) is 1. The van der Waals surface area contributed by atoms with Gasteiger partial charge in [-0.15, -0.1) is 0 Å². The first kappa shape index (κ1) is 14.1. The van der Waals surface area contributed by atoms with Crippen LogP contribution in [0.5, 0.6) is 5.75 Å². The van der Waals surface area contributed by atoms with Crippen LogP contribution in [0.4, 0.5) is 0 Å². The topological polar surface area (TPSA) is 57.5 Å². The summed E-state index contributed by atoms with van der Waals surface area (Å²) in [5.41, 5.74) is 5.56. The molecule has 0 saturated carbocycles. The number of aromatic hydroxyl groups is 1. The molecule has 110 valence electrons. The molecule has 0 unspecified atom stereocenters. The number of rotatable bonds is 3. The highest BCUT2D eigenvalue weighted by Crippen LogP contribution is 2.44. The van der Waals surface area contributed by atoms with Crippen LogP contribution >= 0.6 is 0 Å². The Kier molecular flexibility index (Phi) is 3.55. The van der Waals surface area contributed by atoms with E-state index in [0.717, 1.165) is 33.4 Å². The molecule has 3 rings (SSSR count). The number of hydrogen-bond donors (Lipinski definition) is 2. The van der Waals surface area contributed by atoms with Crippen molar-refractivity contribution in [2.75, 3.05) is 0 Å². The lowest BCUT2D eigenvalue weighted by Gasteiger charge is -2.05. The minimum absolute atomic E-state index is 0.0472. The second kappa shape index (κ2) is 5.53. The fourth-order valence-electron chi connectivity index (χ4n) is 2.86. The lowest BCUT2D eigenvalue weighted by molar-refractivity contribution is -0.135. The Balaban J connectivity index is 2.17. The van der Waals surface area contributed by atoms with Gasteiger partial charge in [-0.1, -0.05) is 36.4 Å². The van der Waals surface area contributed by atoms with Crippen LogP contribution in [-0.4, -0.2) is 16.2 Å². The van der Waals surface area contributed by atoms with Crippen molar-refractivity contribution >= 4 is 23.2 Å². The zero-order chi connectivity index (χ0) is 15.7. The first-order chi connectivity index (χ1) is 10.6. The maximum atomic E-state index is 11.1. The van der Waals surface area contributed by atoms with Crippen LogP contribution in [0.1, 0.15) is 30.0 Å². The van der Waals surface area contributed by atoms with E-state index in [0.29, 0.717) is 0 Å². The third kappa shape index (κ3) is 2.53. The van der Waals surface area contributed by atoms with Crippen LogP contribution in [0, 0.1) is 0 Å². The molecule has 22 heavy (non-hydrogen) atoms. The summed E-state index contributed by atoms with van der Waals surface area (Å²) >= 11 is 0. The van der Waals surface area contributed by atoms with Crippen LogP contribution in [-0.2, 0) is 4.79 Å². The van der Waals surface area contributed by atoms with Crippen LogP contribution < -0.4 is 0 Å². The molecule has 1 aliphatic rings. The van der Waals surface area contributed by atoms with Gasteiger partial charge in [0.2, 0.25) is 0 Å². The summed E-state index contributed by atoms with van der Waals surface area (Å²) in [6, 6.07) is 15.0. The Morgan fingerprint density at radius 2 is 1.82 bits per heavy atom. The largest absolute Gasteiger partial charge is 0.508 e. The monoisotopic (exact) mass is 292 g/mol. The molecule has 0 saturated heterocycles. The van der Waals surface area contributed by atoms with Gasteiger partial charge in [0.05, 0.1) is 6.42 Å². The average molecular weight is 292 g/mol. The molecule has 3 nitrogen and oxygen atoms in total. The molecule has 2 aromatic carbocycles.